The quantitative estimate of drug-likeness (QED) is 0.853. The Morgan fingerprint density at radius 3 is 2.95 bits per heavy atom. The molecular weight excluding hydrogens is 284 g/mol. The van der Waals surface area contributed by atoms with E-state index in [0.717, 1.165) is 25.8 Å². The van der Waals surface area contributed by atoms with Gasteiger partial charge in [0.25, 0.3) is 11.9 Å². The summed E-state index contributed by atoms with van der Waals surface area (Å²) in [4.78, 5) is 28.5. The van der Waals surface area contributed by atoms with Crippen LogP contribution < -0.4 is 4.74 Å². The number of furan rings is 1. The van der Waals surface area contributed by atoms with Gasteiger partial charge < -0.3 is 19.0 Å². The first-order valence-corrected chi connectivity index (χ1v) is 7.83. The maximum atomic E-state index is 12.5. The highest BCUT2D eigenvalue weighted by molar-refractivity contribution is 5.93. The minimum absolute atomic E-state index is 0.163. The van der Waals surface area contributed by atoms with Crippen LogP contribution in [0.3, 0.4) is 0 Å². The number of ether oxygens (including phenoxy) is 1. The Morgan fingerprint density at radius 2 is 2.18 bits per heavy atom. The summed E-state index contributed by atoms with van der Waals surface area (Å²) in [6, 6.07) is 3.29. The van der Waals surface area contributed by atoms with Crippen LogP contribution in [0.15, 0.2) is 16.5 Å². The van der Waals surface area contributed by atoms with Crippen LogP contribution in [-0.4, -0.2) is 54.9 Å². The lowest BCUT2D eigenvalue weighted by molar-refractivity contribution is -0.143. The highest BCUT2D eigenvalue weighted by atomic mass is 16.6. The van der Waals surface area contributed by atoms with Crippen LogP contribution in [0.5, 0.6) is 5.95 Å². The molecule has 2 saturated heterocycles. The molecule has 1 aromatic rings. The molecule has 2 amide bonds. The third kappa shape index (κ3) is 2.46. The second kappa shape index (κ2) is 5.66. The average Bonchev–Trinajstić information content (AvgIpc) is 3.13. The molecule has 1 spiro atoms. The lowest BCUT2D eigenvalue weighted by Gasteiger charge is -2.37. The molecule has 2 aliphatic rings. The number of amides is 2. The van der Waals surface area contributed by atoms with E-state index >= 15 is 0 Å². The van der Waals surface area contributed by atoms with Gasteiger partial charge in [0.2, 0.25) is 5.91 Å². The van der Waals surface area contributed by atoms with Crippen LogP contribution in [0.2, 0.25) is 0 Å². The van der Waals surface area contributed by atoms with Crippen LogP contribution >= 0.6 is 0 Å². The minimum atomic E-state index is -0.391. The maximum absolute atomic E-state index is 12.5. The normalized spacial score (nSPS) is 25.1. The number of piperidine rings is 1. The number of hydrogen-bond acceptors (Lipinski definition) is 4. The molecule has 120 valence electrons. The third-order valence-electron chi connectivity index (χ3n) is 4.67. The van der Waals surface area contributed by atoms with Crippen molar-refractivity contribution in [3.63, 3.8) is 0 Å². The van der Waals surface area contributed by atoms with E-state index in [1.165, 1.54) is 0 Å². The van der Waals surface area contributed by atoms with Crippen molar-refractivity contribution >= 4 is 11.8 Å². The smallest absolute Gasteiger partial charge is 0.289 e. The molecule has 0 saturated carbocycles. The van der Waals surface area contributed by atoms with Crippen molar-refractivity contribution < 1.29 is 18.7 Å². The van der Waals surface area contributed by atoms with Gasteiger partial charge in [-0.15, -0.1) is 0 Å². The summed E-state index contributed by atoms with van der Waals surface area (Å²) in [7, 11) is 1.84. The number of hydrogen-bond donors (Lipinski definition) is 0. The Morgan fingerprint density at radius 1 is 1.36 bits per heavy atom. The van der Waals surface area contributed by atoms with Crippen LogP contribution in [0.4, 0.5) is 0 Å². The third-order valence-corrected chi connectivity index (χ3v) is 4.67. The van der Waals surface area contributed by atoms with Gasteiger partial charge in [0, 0.05) is 32.7 Å². The van der Waals surface area contributed by atoms with E-state index in [1.807, 2.05) is 14.0 Å². The molecule has 0 radical (unpaired) electrons. The summed E-state index contributed by atoms with van der Waals surface area (Å²) >= 11 is 0. The molecule has 2 aliphatic heterocycles. The largest absolute Gasteiger partial charge is 0.465 e. The van der Waals surface area contributed by atoms with Gasteiger partial charge >= 0.3 is 0 Å². The number of likely N-dealkylation sites (tertiary alicyclic amines) is 2. The highest BCUT2D eigenvalue weighted by Gasteiger charge is 2.48. The molecule has 1 aromatic heterocycles. The second-order valence-electron chi connectivity index (χ2n) is 6.14. The SMILES string of the molecule is CCOc1ccc(C(=O)N2CC[C@]3(CCCN(C)C3=O)C2)o1. The summed E-state index contributed by atoms with van der Waals surface area (Å²) in [6.07, 6.45) is 2.60. The first-order chi connectivity index (χ1) is 10.6. The van der Waals surface area contributed by atoms with Crippen LogP contribution in [0.1, 0.15) is 36.7 Å². The van der Waals surface area contributed by atoms with Gasteiger partial charge in [0.05, 0.1) is 12.0 Å². The lowest BCUT2D eigenvalue weighted by atomic mass is 9.78. The molecule has 0 bridgehead atoms. The number of carbonyl (C=O) groups excluding carboxylic acids is 2. The Balaban J connectivity index is 1.71. The molecule has 2 fully saturated rings. The second-order valence-corrected chi connectivity index (χ2v) is 6.14. The average molecular weight is 306 g/mol. The first-order valence-electron chi connectivity index (χ1n) is 7.83. The van der Waals surface area contributed by atoms with Gasteiger partial charge in [0.15, 0.2) is 5.76 Å². The Bertz CT molecular complexity index is 582. The van der Waals surface area contributed by atoms with Crippen molar-refractivity contribution in [1.82, 2.24) is 9.80 Å². The number of rotatable bonds is 3. The van der Waals surface area contributed by atoms with Gasteiger partial charge in [-0.25, -0.2) is 0 Å². The molecule has 6 heteroatoms. The maximum Gasteiger partial charge on any atom is 0.289 e. The standard InChI is InChI=1S/C16H22N2O4/c1-3-21-13-6-5-12(22-13)14(19)18-10-8-16(11-18)7-4-9-17(2)15(16)20/h5-6H,3-4,7-11H2,1-2H3/t16-/m1/s1. The van der Waals surface area contributed by atoms with Gasteiger partial charge in [-0.1, -0.05) is 0 Å². The topological polar surface area (TPSA) is 63.0 Å². The van der Waals surface area contributed by atoms with E-state index in [2.05, 4.69) is 0 Å². The summed E-state index contributed by atoms with van der Waals surface area (Å²) in [5, 5.41) is 0. The van der Waals surface area contributed by atoms with Gasteiger partial charge in [-0.05, 0) is 32.3 Å². The highest BCUT2D eigenvalue weighted by Crippen LogP contribution is 2.40. The van der Waals surface area contributed by atoms with Crippen molar-refractivity contribution in [2.24, 2.45) is 5.41 Å². The zero-order valence-electron chi connectivity index (χ0n) is 13.1. The first kappa shape index (κ1) is 14.9. The summed E-state index contributed by atoms with van der Waals surface area (Å²) in [6.45, 7) is 4.25. The van der Waals surface area contributed by atoms with Crippen molar-refractivity contribution in [2.75, 3.05) is 33.3 Å². The van der Waals surface area contributed by atoms with Crippen molar-refractivity contribution in [2.45, 2.75) is 26.2 Å². The molecule has 0 N–H and O–H groups in total. The summed E-state index contributed by atoms with van der Waals surface area (Å²) < 4.78 is 10.7. The fourth-order valence-corrected chi connectivity index (χ4v) is 3.50. The summed E-state index contributed by atoms with van der Waals surface area (Å²) in [5.74, 6) is 0.637. The van der Waals surface area contributed by atoms with Gasteiger partial charge in [0.1, 0.15) is 0 Å². The Labute approximate surface area is 130 Å². The fraction of sp³-hybridized carbons (Fsp3) is 0.625. The van der Waals surface area contributed by atoms with Crippen LogP contribution in [0, 0.1) is 5.41 Å². The summed E-state index contributed by atoms with van der Waals surface area (Å²) in [5.41, 5.74) is -0.391. The fourth-order valence-electron chi connectivity index (χ4n) is 3.50. The molecule has 0 unspecified atom stereocenters. The van der Waals surface area contributed by atoms with E-state index in [1.54, 1.807) is 21.9 Å². The van der Waals surface area contributed by atoms with Crippen LogP contribution in [0.25, 0.3) is 0 Å². The van der Waals surface area contributed by atoms with Crippen molar-refractivity contribution in [1.29, 1.82) is 0 Å². The van der Waals surface area contributed by atoms with E-state index in [-0.39, 0.29) is 17.6 Å². The van der Waals surface area contributed by atoms with Crippen LogP contribution in [-0.2, 0) is 4.79 Å². The zero-order chi connectivity index (χ0) is 15.7. The molecule has 6 nitrogen and oxygen atoms in total. The zero-order valence-corrected chi connectivity index (χ0v) is 13.1. The van der Waals surface area contributed by atoms with E-state index in [0.29, 0.717) is 25.6 Å². The monoisotopic (exact) mass is 306 g/mol. The molecule has 3 rings (SSSR count). The Kier molecular flexibility index (Phi) is 3.85. The molecule has 0 aliphatic carbocycles. The molecular formula is C16H22N2O4. The molecule has 3 heterocycles. The Hall–Kier alpha value is -1.98. The van der Waals surface area contributed by atoms with E-state index in [9.17, 15) is 9.59 Å². The molecule has 0 aromatic carbocycles. The lowest BCUT2D eigenvalue weighted by Crippen LogP contribution is -2.48. The van der Waals surface area contributed by atoms with E-state index < -0.39 is 5.41 Å². The molecule has 22 heavy (non-hydrogen) atoms. The molecule has 1 atom stereocenters. The number of nitrogens with zero attached hydrogens (tertiary/aromatic N) is 2. The predicted molar refractivity (Wildman–Crippen MR) is 79.7 cm³/mol. The minimum Gasteiger partial charge on any atom is -0.465 e. The van der Waals surface area contributed by atoms with Gasteiger partial charge in [-0.2, -0.15) is 0 Å². The van der Waals surface area contributed by atoms with Crippen molar-refractivity contribution in [3.8, 4) is 5.95 Å². The predicted octanol–water partition coefficient (Wildman–Crippen LogP) is 1.76. The van der Waals surface area contributed by atoms with Crippen molar-refractivity contribution in [3.05, 3.63) is 17.9 Å². The van der Waals surface area contributed by atoms with Gasteiger partial charge in [-0.3, -0.25) is 9.59 Å². The van der Waals surface area contributed by atoms with E-state index in [4.69, 9.17) is 9.15 Å². The number of carbonyl (C=O) groups is 2.